The molecular formula is C13H12N4. The van der Waals surface area contributed by atoms with Gasteiger partial charge >= 0.3 is 0 Å². The van der Waals surface area contributed by atoms with Crippen LogP contribution in [0.25, 0.3) is 5.69 Å². The van der Waals surface area contributed by atoms with Gasteiger partial charge < -0.3 is 0 Å². The number of allylic oxidation sites excluding steroid dienone is 1. The first-order valence-corrected chi connectivity index (χ1v) is 5.53. The average molecular weight is 224 g/mol. The molecule has 1 aliphatic heterocycles. The van der Waals surface area contributed by atoms with Crippen LogP contribution in [0.1, 0.15) is 17.0 Å². The Bertz CT molecular complexity index is 595. The van der Waals surface area contributed by atoms with Crippen LogP contribution in [0.5, 0.6) is 0 Å². The molecular weight excluding hydrogens is 212 g/mol. The van der Waals surface area contributed by atoms with E-state index >= 15 is 0 Å². The fourth-order valence-electron chi connectivity index (χ4n) is 2.00. The zero-order valence-corrected chi connectivity index (χ0v) is 9.37. The molecule has 0 unspecified atom stereocenters. The number of para-hydroxylation sites is 1. The molecule has 4 heteroatoms. The monoisotopic (exact) mass is 224 g/mol. The van der Waals surface area contributed by atoms with Crippen molar-refractivity contribution in [3.8, 4) is 5.69 Å². The molecule has 2 aromatic rings. The number of fused-ring (bicyclic) bond motifs is 3. The molecule has 0 atom stereocenters. The highest BCUT2D eigenvalue weighted by Crippen LogP contribution is 2.20. The zero-order valence-electron chi connectivity index (χ0n) is 9.37. The molecule has 4 nitrogen and oxygen atoms in total. The number of benzene rings is 1. The maximum absolute atomic E-state index is 4.41. The van der Waals surface area contributed by atoms with Gasteiger partial charge in [0.15, 0.2) is 0 Å². The number of hydrogen-bond acceptors (Lipinski definition) is 3. The normalized spacial score (nSPS) is 12.7. The van der Waals surface area contributed by atoms with E-state index in [4.69, 9.17) is 0 Å². The van der Waals surface area contributed by atoms with Crippen LogP contribution < -0.4 is 0 Å². The predicted octanol–water partition coefficient (Wildman–Crippen LogP) is 1.93. The van der Waals surface area contributed by atoms with E-state index in [0.717, 1.165) is 29.1 Å². The molecule has 1 aromatic heterocycles. The van der Waals surface area contributed by atoms with Crippen molar-refractivity contribution in [2.75, 3.05) is 0 Å². The number of hydrogen-bond donors (Lipinski definition) is 0. The van der Waals surface area contributed by atoms with Gasteiger partial charge in [0.05, 0.1) is 23.6 Å². The molecule has 0 aliphatic carbocycles. The molecule has 17 heavy (non-hydrogen) atoms. The van der Waals surface area contributed by atoms with Crippen LogP contribution in [0.4, 0.5) is 0 Å². The smallest absolute Gasteiger partial charge is 0.0920 e. The minimum Gasteiger partial charge on any atom is -0.286 e. The third-order valence-electron chi connectivity index (χ3n) is 2.82. The number of nitrogens with zero attached hydrogens (tertiary/aromatic N) is 4. The highest BCUT2D eigenvalue weighted by Gasteiger charge is 2.16. The Labute approximate surface area is 99.3 Å². The average Bonchev–Trinajstić information content (AvgIpc) is 2.65. The Balaban J connectivity index is 2.21. The van der Waals surface area contributed by atoms with Gasteiger partial charge in [-0.1, -0.05) is 29.5 Å². The Morgan fingerprint density at radius 3 is 3.12 bits per heavy atom. The van der Waals surface area contributed by atoms with Gasteiger partial charge in [0.2, 0.25) is 0 Å². The number of rotatable bonds is 2. The summed E-state index contributed by atoms with van der Waals surface area (Å²) >= 11 is 0. The lowest BCUT2D eigenvalue weighted by atomic mass is 10.2. The largest absolute Gasteiger partial charge is 0.286 e. The fraction of sp³-hybridized carbons (Fsp3) is 0.154. The lowest BCUT2D eigenvalue weighted by Gasteiger charge is -2.05. The summed E-state index contributed by atoms with van der Waals surface area (Å²) in [7, 11) is 0. The Morgan fingerprint density at radius 1 is 1.35 bits per heavy atom. The van der Waals surface area contributed by atoms with Crippen molar-refractivity contribution in [3.63, 3.8) is 0 Å². The highest BCUT2D eigenvalue weighted by atomic mass is 15.4. The summed E-state index contributed by atoms with van der Waals surface area (Å²) in [6, 6.07) is 8.05. The van der Waals surface area contributed by atoms with Crippen LogP contribution in [-0.4, -0.2) is 21.2 Å². The molecule has 1 aromatic carbocycles. The lowest BCUT2D eigenvalue weighted by Crippen LogP contribution is -2.03. The predicted molar refractivity (Wildman–Crippen MR) is 66.6 cm³/mol. The SMILES string of the molecule is C=CCc1nnn2c1CN=Cc1ccccc1-2. The summed E-state index contributed by atoms with van der Waals surface area (Å²) in [4.78, 5) is 4.41. The van der Waals surface area contributed by atoms with Gasteiger partial charge in [-0.25, -0.2) is 4.68 Å². The standard InChI is InChI=1S/C13H12N4/c1-2-5-11-13-9-14-8-10-6-3-4-7-12(10)17(13)16-15-11/h2-4,6-8H,1,5,9H2. The Hall–Kier alpha value is -2.23. The van der Waals surface area contributed by atoms with E-state index in [9.17, 15) is 0 Å². The summed E-state index contributed by atoms with van der Waals surface area (Å²) in [6.45, 7) is 4.35. The minimum absolute atomic E-state index is 0.616. The van der Waals surface area contributed by atoms with Crippen LogP contribution in [0, 0.1) is 0 Å². The summed E-state index contributed by atoms with van der Waals surface area (Å²) in [5, 5.41) is 8.41. The van der Waals surface area contributed by atoms with Gasteiger partial charge in [0, 0.05) is 18.2 Å². The first kappa shape index (κ1) is 9.96. The molecule has 1 aliphatic rings. The second-order valence-corrected chi connectivity index (χ2v) is 3.92. The molecule has 0 saturated heterocycles. The molecule has 0 N–H and O–H groups in total. The summed E-state index contributed by atoms with van der Waals surface area (Å²) in [5.74, 6) is 0. The first-order chi connectivity index (χ1) is 8.40. The second kappa shape index (κ2) is 3.97. The maximum atomic E-state index is 4.41. The first-order valence-electron chi connectivity index (χ1n) is 5.53. The molecule has 0 spiro atoms. The third kappa shape index (κ3) is 1.58. The highest BCUT2D eigenvalue weighted by molar-refractivity contribution is 5.85. The van der Waals surface area contributed by atoms with Crippen molar-refractivity contribution in [1.29, 1.82) is 0 Å². The van der Waals surface area contributed by atoms with Crippen LogP contribution in [0.2, 0.25) is 0 Å². The van der Waals surface area contributed by atoms with Crippen molar-refractivity contribution in [3.05, 3.63) is 53.9 Å². The van der Waals surface area contributed by atoms with E-state index in [1.165, 1.54) is 0 Å². The Kier molecular flexibility index (Phi) is 2.33. The van der Waals surface area contributed by atoms with Gasteiger partial charge in [0.1, 0.15) is 0 Å². The molecule has 0 radical (unpaired) electrons. The van der Waals surface area contributed by atoms with Crippen LogP contribution in [0.3, 0.4) is 0 Å². The van der Waals surface area contributed by atoms with Crippen molar-refractivity contribution in [2.45, 2.75) is 13.0 Å². The number of aromatic nitrogens is 3. The van der Waals surface area contributed by atoms with Gasteiger partial charge in [0.25, 0.3) is 0 Å². The van der Waals surface area contributed by atoms with Crippen LogP contribution in [-0.2, 0) is 13.0 Å². The van der Waals surface area contributed by atoms with E-state index in [0.29, 0.717) is 6.54 Å². The Morgan fingerprint density at radius 2 is 2.24 bits per heavy atom. The van der Waals surface area contributed by atoms with Crippen molar-refractivity contribution >= 4 is 6.21 Å². The van der Waals surface area contributed by atoms with E-state index < -0.39 is 0 Å². The fourth-order valence-corrected chi connectivity index (χ4v) is 2.00. The summed E-state index contributed by atoms with van der Waals surface area (Å²) in [5.41, 5.74) is 4.10. The van der Waals surface area contributed by atoms with Gasteiger partial charge in [-0.05, 0) is 6.07 Å². The second-order valence-electron chi connectivity index (χ2n) is 3.92. The summed E-state index contributed by atoms with van der Waals surface area (Å²) < 4.78 is 1.88. The summed E-state index contributed by atoms with van der Waals surface area (Å²) in [6.07, 6.45) is 4.46. The van der Waals surface area contributed by atoms with E-state index in [-0.39, 0.29) is 0 Å². The van der Waals surface area contributed by atoms with Gasteiger partial charge in [-0.15, -0.1) is 11.7 Å². The van der Waals surface area contributed by atoms with Crippen LogP contribution in [0.15, 0.2) is 41.9 Å². The van der Waals surface area contributed by atoms with Crippen molar-refractivity contribution in [1.82, 2.24) is 15.0 Å². The quantitative estimate of drug-likeness (QED) is 0.731. The van der Waals surface area contributed by atoms with E-state index in [1.54, 1.807) is 0 Å². The van der Waals surface area contributed by atoms with Crippen molar-refractivity contribution in [2.24, 2.45) is 4.99 Å². The molecule has 3 rings (SSSR count). The van der Waals surface area contributed by atoms with Gasteiger partial charge in [-0.2, -0.15) is 0 Å². The lowest BCUT2D eigenvalue weighted by molar-refractivity contribution is 0.767. The molecule has 2 heterocycles. The van der Waals surface area contributed by atoms with E-state index in [2.05, 4.69) is 21.9 Å². The van der Waals surface area contributed by atoms with Crippen molar-refractivity contribution < 1.29 is 0 Å². The zero-order chi connectivity index (χ0) is 11.7. The molecule has 84 valence electrons. The maximum Gasteiger partial charge on any atom is 0.0920 e. The topological polar surface area (TPSA) is 43.1 Å². The minimum atomic E-state index is 0.616. The molecule has 0 fully saturated rings. The van der Waals surface area contributed by atoms with Crippen LogP contribution >= 0.6 is 0 Å². The molecule has 0 saturated carbocycles. The molecule has 0 amide bonds. The number of aliphatic imine (C=N–C) groups is 1. The molecule has 0 bridgehead atoms. The van der Waals surface area contributed by atoms with Gasteiger partial charge in [-0.3, -0.25) is 4.99 Å². The van der Waals surface area contributed by atoms with E-state index in [1.807, 2.05) is 41.2 Å². The third-order valence-corrected chi connectivity index (χ3v) is 2.82.